The van der Waals surface area contributed by atoms with Gasteiger partial charge in [0.15, 0.2) is 11.5 Å². The molecule has 2 aromatic rings. The third-order valence-electron chi connectivity index (χ3n) is 3.18. The van der Waals surface area contributed by atoms with Crippen LogP contribution >= 0.6 is 11.8 Å². The second-order valence-electron chi connectivity index (χ2n) is 4.77. The monoisotopic (exact) mass is 306 g/mol. The highest BCUT2D eigenvalue weighted by atomic mass is 32.2. The first kappa shape index (κ1) is 14.2. The summed E-state index contributed by atoms with van der Waals surface area (Å²) >= 11 is 1.32. The second-order valence-corrected chi connectivity index (χ2v) is 5.89. The Balaban J connectivity index is 1.83. The van der Waals surface area contributed by atoms with Crippen LogP contribution in [-0.4, -0.2) is 18.3 Å². The Kier molecular flexibility index (Phi) is 4.03. The number of aliphatic hydroxyl groups excluding tert-OH is 1. The van der Waals surface area contributed by atoms with Crippen molar-refractivity contribution >= 4 is 11.8 Å². The predicted molar refractivity (Wildman–Crippen MR) is 78.6 cm³/mol. The van der Waals surface area contributed by atoms with Crippen LogP contribution in [0, 0.1) is 5.82 Å². The summed E-state index contributed by atoms with van der Waals surface area (Å²) in [6.07, 6.45) is -0.673. The fraction of sp³-hybridized carbons (Fsp3) is 0.250. The maximum Gasteiger partial charge on any atom is 0.162 e. The van der Waals surface area contributed by atoms with E-state index in [4.69, 9.17) is 9.47 Å². The molecule has 3 rings (SSSR count). The molecule has 0 aromatic heterocycles. The maximum atomic E-state index is 14.0. The van der Waals surface area contributed by atoms with Crippen molar-refractivity contribution < 1.29 is 19.0 Å². The molecule has 110 valence electrons. The first-order valence-corrected chi connectivity index (χ1v) is 7.50. The van der Waals surface area contributed by atoms with Crippen LogP contribution in [0.4, 0.5) is 4.39 Å². The predicted octanol–water partition coefficient (Wildman–Crippen LogP) is 3.80. The smallest absolute Gasteiger partial charge is 0.162 e. The molecular formula is C16H15FO3S. The van der Waals surface area contributed by atoms with Gasteiger partial charge < -0.3 is 14.6 Å². The molecule has 0 fully saturated rings. The van der Waals surface area contributed by atoms with E-state index < -0.39 is 6.10 Å². The zero-order valence-corrected chi connectivity index (χ0v) is 12.3. The normalized spacial score (nSPS) is 14.8. The molecule has 0 saturated carbocycles. The van der Waals surface area contributed by atoms with Crippen LogP contribution in [0.5, 0.6) is 11.5 Å². The van der Waals surface area contributed by atoms with Crippen LogP contribution < -0.4 is 9.47 Å². The third kappa shape index (κ3) is 3.14. The summed E-state index contributed by atoms with van der Waals surface area (Å²) in [4.78, 5) is 1.39. The fourth-order valence-corrected chi connectivity index (χ4v) is 2.92. The van der Waals surface area contributed by atoms with Gasteiger partial charge in [0.25, 0.3) is 0 Å². The summed E-state index contributed by atoms with van der Waals surface area (Å²) in [5, 5.41) is 9.46. The number of rotatable bonds is 3. The van der Waals surface area contributed by atoms with Crippen LogP contribution in [-0.2, 0) is 0 Å². The van der Waals surface area contributed by atoms with Crippen molar-refractivity contribution in [2.24, 2.45) is 0 Å². The van der Waals surface area contributed by atoms with E-state index in [1.54, 1.807) is 19.1 Å². The summed E-state index contributed by atoms with van der Waals surface area (Å²) in [6.45, 7) is 2.69. The summed E-state index contributed by atoms with van der Waals surface area (Å²) in [5.74, 6) is 1.07. The number of hydrogen-bond donors (Lipinski definition) is 1. The molecule has 0 amide bonds. The average molecular weight is 306 g/mol. The Labute approximate surface area is 126 Å². The molecule has 0 aliphatic carbocycles. The van der Waals surface area contributed by atoms with Gasteiger partial charge in [0, 0.05) is 9.79 Å². The van der Waals surface area contributed by atoms with Gasteiger partial charge in [-0.15, -0.1) is 0 Å². The molecular weight excluding hydrogens is 291 g/mol. The van der Waals surface area contributed by atoms with E-state index >= 15 is 0 Å². The highest BCUT2D eigenvalue weighted by Crippen LogP contribution is 2.37. The molecule has 3 nitrogen and oxygen atoms in total. The molecule has 1 aliphatic heterocycles. The highest BCUT2D eigenvalue weighted by molar-refractivity contribution is 7.99. The van der Waals surface area contributed by atoms with Crippen molar-refractivity contribution in [1.82, 2.24) is 0 Å². The van der Waals surface area contributed by atoms with Crippen molar-refractivity contribution in [2.75, 3.05) is 13.2 Å². The van der Waals surface area contributed by atoms with E-state index in [-0.39, 0.29) is 5.82 Å². The number of aliphatic hydroxyl groups is 1. The second kappa shape index (κ2) is 5.95. The number of halogens is 1. The number of benzene rings is 2. The Hall–Kier alpha value is -1.72. The zero-order chi connectivity index (χ0) is 14.8. The quantitative estimate of drug-likeness (QED) is 0.936. The SMILES string of the molecule is C[C@@H](O)c1ccc(Sc2ccc3c(c2)OCCO3)c(F)c1. The first-order valence-electron chi connectivity index (χ1n) is 6.68. The van der Waals surface area contributed by atoms with Crippen molar-refractivity contribution in [1.29, 1.82) is 0 Å². The molecule has 0 radical (unpaired) electrons. The van der Waals surface area contributed by atoms with Gasteiger partial charge in [-0.05, 0) is 42.8 Å². The Morgan fingerprint density at radius 1 is 1.10 bits per heavy atom. The number of ether oxygens (including phenoxy) is 2. The minimum absolute atomic E-state index is 0.340. The van der Waals surface area contributed by atoms with Crippen LogP contribution in [0.2, 0.25) is 0 Å². The van der Waals surface area contributed by atoms with Gasteiger partial charge in [-0.2, -0.15) is 0 Å². The van der Waals surface area contributed by atoms with Gasteiger partial charge in [-0.3, -0.25) is 0 Å². The minimum atomic E-state index is -0.673. The molecule has 1 N–H and O–H groups in total. The molecule has 0 spiro atoms. The molecule has 0 unspecified atom stereocenters. The lowest BCUT2D eigenvalue weighted by Crippen LogP contribution is -2.15. The molecule has 1 atom stereocenters. The summed E-state index contributed by atoms with van der Waals surface area (Å²) in [5.41, 5.74) is 0.569. The van der Waals surface area contributed by atoms with Crippen molar-refractivity contribution in [2.45, 2.75) is 22.8 Å². The van der Waals surface area contributed by atoms with E-state index in [0.717, 1.165) is 10.6 Å². The molecule has 0 saturated heterocycles. The molecule has 21 heavy (non-hydrogen) atoms. The molecule has 5 heteroatoms. The summed E-state index contributed by atoms with van der Waals surface area (Å²) < 4.78 is 25.0. The Morgan fingerprint density at radius 2 is 1.86 bits per heavy atom. The van der Waals surface area contributed by atoms with Crippen molar-refractivity contribution in [3.05, 3.63) is 47.8 Å². The lowest BCUT2D eigenvalue weighted by molar-refractivity contribution is 0.171. The molecule has 1 heterocycles. The maximum absolute atomic E-state index is 14.0. The van der Waals surface area contributed by atoms with Crippen LogP contribution in [0.1, 0.15) is 18.6 Å². The Morgan fingerprint density at radius 3 is 2.57 bits per heavy atom. The van der Waals surface area contributed by atoms with Crippen LogP contribution in [0.15, 0.2) is 46.2 Å². The van der Waals surface area contributed by atoms with Gasteiger partial charge >= 0.3 is 0 Å². The molecule has 1 aliphatic rings. The topological polar surface area (TPSA) is 38.7 Å². The fourth-order valence-electron chi connectivity index (χ4n) is 2.07. The molecule has 2 aromatic carbocycles. The van der Waals surface area contributed by atoms with E-state index in [0.29, 0.717) is 29.4 Å². The summed E-state index contributed by atoms with van der Waals surface area (Å²) in [7, 11) is 0. The summed E-state index contributed by atoms with van der Waals surface area (Å²) in [6, 6.07) is 10.3. The standard InChI is InChI=1S/C16H15FO3S/c1-10(18)11-2-5-16(13(17)8-11)21-12-3-4-14-15(9-12)20-7-6-19-14/h2-5,8-10,18H,6-7H2,1H3/t10-/m1/s1. The molecule has 0 bridgehead atoms. The Bertz CT molecular complexity index is 658. The van der Waals surface area contributed by atoms with Gasteiger partial charge in [0.05, 0.1) is 6.10 Å². The van der Waals surface area contributed by atoms with E-state index in [9.17, 15) is 9.50 Å². The number of fused-ring (bicyclic) bond motifs is 1. The van der Waals surface area contributed by atoms with E-state index in [1.165, 1.54) is 17.8 Å². The van der Waals surface area contributed by atoms with E-state index in [1.807, 2.05) is 18.2 Å². The number of hydrogen-bond acceptors (Lipinski definition) is 4. The lowest BCUT2D eigenvalue weighted by atomic mass is 10.1. The van der Waals surface area contributed by atoms with E-state index in [2.05, 4.69) is 0 Å². The van der Waals surface area contributed by atoms with Crippen LogP contribution in [0.3, 0.4) is 0 Å². The largest absolute Gasteiger partial charge is 0.486 e. The highest BCUT2D eigenvalue weighted by Gasteiger charge is 2.13. The first-order chi connectivity index (χ1) is 10.1. The van der Waals surface area contributed by atoms with Gasteiger partial charge in [0.1, 0.15) is 19.0 Å². The van der Waals surface area contributed by atoms with Gasteiger partial charge in [-0.25, -0.2) is 4.39 Å². The average Bonchev–Trinajstić information content (AvgIpc) is 2.49. The van der Waals surface area contributed by atoms with Crippen molar-refractivity contribution in [3.8, 4) is 11.5 Å². The lowest BCUT2D eigenvalue weighted by Gasteiger charge is -2.18. The van der Waals surface area contributed by atoms with Crippen LogP contribution in [0.25, 0.3) is 0 Å². The van der Waals surface area contributed by atoms with Gasteiger partial charge in [-0.1, -0.05) is 17.8 Å². The third-order valence-corrected chi connectivity index (χ3v) is 4.22. The minimum Gasteiger partial charge on any atom is -0.486 e. The van der Waals surface area contributed by atoms with Crippen molar-refractivity contribution in [3.63, 3.8) is 0 Å². The zero-order valence-electron chi connectivity index (χ0n) is 11.5. The van der Waals surface area contributed by atoms with Gasteiger partial charge in [0.2, 0.25) is 0 Å².